The molecule has 0 heterocycles. The zero-order chi connectivity index (χ0) is 13.1. The number of hydrogen-bond donors (Lipinski definition) is 0. The van der Waals surface area contributed by atoms with Crippen molar-refractivity contribution >= 4 is 39.1 Å². The molecule has 0 aliphatic carbocycles. The standard InChI is InChI=1S/C14H11BrCl2O/c1-9-6-12(3-4-13(9)17)18-14-5-2-11(16)7-10(14)8-15/h2-7H,8H2,1H3. The van der Waals surface area contributed by atoms with Crippen LogP contribution in [0, 0.1) is 6.92 Å². The van der Waals surface area contributed by atoms with Crippen molar-refractivity contribution < 1.29 is 4.74 Å². The van der Waals surface area contributed by atoms with Gasteiger partial charge in [0.15, 0.2) is 0 Å². The number of hydrogen-bond acceptors (Lipinski definition) is 1. The van der Waals surface area contributed by atoms with Gasteiger partial charge in [-0.25, -0.2) is 0 Å². The van der Waals surface area contributed by atoms with Gasteiger partial charge < -0.3 is 4.74 Å². The highest BCUT2D eigenvalue weighted by atomic mass is 79.9. The molecule has 0 atom stereocenters. The van der Waals surface area contributed by atoms with E-state index in [-0.39, 0.29) is 0 Å². The molecule has 0 radical (unpaired) electrons. The zero-order valence-electron chi connectivity index (χ0n) is 9.71. The van der Waals surface area contributed by atoms with Gasteiger partial charge in [0.2, 0.25) is 0 Å². The van der Waals surface area contributed by atoms with Crippen LogP contribution in [0.2, 0.25) is 10.0 Å². The van der Waals surface area contributed by atoms with Crippen molar-refractivity contribution in [3.63, 3.8) is 0 Å². The molecule has 0 saturated heterocycles. The van der Waals surface area contributed by atoms with Gasteiger partial charge in [-0.05, 0) is 48.9 Å². The highest BCUT2D eigenvalue weighted by Gasteiger charge is 2.06. The number of benzene rings is 2. The Hall–Kier alpha value is -0.700. The lowest BCUT2D eigenvalue weighted by atomic mass is 10.2. The molecule has 1 nitrogen and oxygen atoms in total. The third kappa shape index (κ3) is 3.19. The summed E-state index contributed by atoms with van der Waals surface area (Å²) < 4.78 is 5.84. The first-order valence-corrected chi connectivity index (χ1v) is 7.26. The first-order chi connectivity index (χ1) is 8.60. The molecule has 0 bridgehead atoms. The minimum absolute atomic E-state index is 0.690. The second-order valence-corrected chi connectivity index (χ2v) is 5.30. The van der Waals surface area contributed by atoms with Gasteiger partial charge in [0.1, 0.15) is 11.5 Å². The van der Waals surface area contributed by atoms with Crippen molar-refractivity contribution in [1.82, 2.24) is 0 Å². The number of ether oxygens (including phenoxy) is 1. The van der Waals surface area contributed by atoms with E-state index >= 15 is 0 Å². The maximum Gasteiger partial charge on any atom is 0.131 e. The van der Waals surface area contributed by atoms with Crippen LogP contribution in [0.1, 0.15) is 11.1 Å². The molecule has 0 spiro atoms. The van der Waals surface area contributed by atoms with Crippen molar-refractivity contribution in [3.05, 3.63) is 57.6 Å². The topological polar surface area (TPSA) is 9.23 Å². The lowest BCUT2D eigenvalue weighted by Crippen LogP contribution is -1.90. The number of aryl methyl sites for hydroxylation is 1. The van der Waals surface area contributed by atoms with E-state index in [1.54, 1.807) is 0 Å². The summed E-state index contributed by atoms with van der Waals surface area (Å²) >= 11 is 15.4. The van der Waals surface area contributed by atoms with Gasteiger partial charge in [0, 0.05) is 20.9 Å². The van der Waals surface area contributed by atoms with Crippen molar-refractivity contribution in [2.45, 2.75) is 12.3 Å². The molecule has 0 amide bonds. The molecule has 2 aromatic rings. The molecule has 18 heavy (non-hydrogen) atoms. The minimum Gasteiger partial charge on any atom is -0.457 e. The third-order valence-electron chi connectivity index (χ3n) is 2.52. The van der Waals surface area contributed by atoms with Crippen LogP contribution in [0.25, 0.3) is 0 Å². The number of halogens is 3. The molecule has 0 fully saturated rings. The van der Waals surface area contributed by atoms with Crippen LogP contribution < -0.4 is 4.74 Å². The van der Waals surface area contributed by atoms with E-state index in [9.17, 15) is 0 Å². The molecule has 0 aliphatic heterocycles. The summed E-state index contributed by atoms with van der Waals surface area (Å²) in [6, 6.07) is 11.1. The average molecular weight is 346 g/mol. The summed E-state index contributed by atoms with van der Waals surface area (Å²) in [6.45, 7) is 1.95. The Morgan fingerprint density at radius 3 is 2.56 bits per heavy atom. The molecular formula is C14H11BrCl2O. The summed E-state index contributed by atoms with van der Waals surface area (Å²) in [6.07, 6.45) is 0. The van der Waals surface area contributed by atoms with Gasteiger partial charge in [0.05, 0.1) is 0 Å². The fraction of sp³-hybridized carbons (Fsp3) is 0.143. The Bertz CT molecular complexity index is 570. The second-order valence-electron chi connectivity index (χ2n) is 3.90. The largest absolute Gasteiger partial charge is 0.457 e. The van der Waals surface area contributed by atoms with E-state index in [2.05, 4.69) is 15.9 Å². The predicted octanol–water partition coefficient (Wildman–Crippen LogP) is 5.99. The lowest BCUT2D eigenvalue weighted by Gasteiger charge is -2.11. The number of rotatable bonds is 3. The third-order valence-corrected chi connectivity index (χ3v) is 3.79. The highest BCUT2D eigenvalue weighted by Crippen LogP contribution is 2.31. The second kappa shape index (κ2) is 5.96. The zero-order valence-corrected chi connectivity index (χ0v) is 12.8. The van der Waals surface area contributed by atoms with Gasteiger partial charge in [0.25, 0.3) is 0 Å². The summed E-state index contributed by atoms with van der Waals surface area (Å²) in [5.74, 6) is 1.56. The lowest BCUT2D eigenvalue weighted by molar-refractivity contribution is 0.478. The number of alkyl halides is 1. The van der Waals surface area contributed by atoms with Gasteiger partial charge in [-0.2, -0.15) is 0 Å². The maximum absolute atomic E-state index is 5.98. The van der Waals surface area contributed by atoms with E-state index in [1.807, 2.05) is 43.3 Å². The first-order valence-electron chi connectivity index (χ1n) is 5.38. The quantitative estimate of drug-likeness (QED) is 0.621. The van der Waals surface area contributed by atoms with E-state index in [4.69, 9.17) is 27.9 Å². The van der Waals surface area contributed by atoms with Crippen molar-refractivity contribution in [3.8, 4) is 11.5 Å². The van der Waals surface area contributed by atoms with Crippen LogP contribution in [0.4, 0.5) is 0 Å². The fourth-order valence-corrected chi connectivity index (χ4v) is 2.31. The van der Waals surface area contributed by atoms with Gasteiger partial charge in [-0.3, -0.25) is 0 Å². The maximum atomic E-state index is 5.98. The summed E-state index contributed by atoms with van der Waals surface area (Å²) in [5.41, 5.74) is 2.00. The van der Waals surface area contributed by atoms with E-state index < -0.39 is 0 Å². The van der Waals surface area contributed by atoms with Crippen molar-refractivity contribution in [1.29, 1.82) is 0 Å². The highest BCUT2D eigenvalue weighted by molar-refractivity contribution is 9.08. The van der Waals surface area contributed by atoms with Gasteiger partial charge in [-0.1, -0.05) is 39.1 Å². The van der Waals surface area contributed by atoms with Gasteiger partial charge >= 0.3 is 0 Å². The van der Waals surface area contributed by atoms with Gasteiger partial charge in [-0.15, -0.1) is 0 Å². The summed E-state index contributed by atoms with van der Waals surface area (Å²) in [4.78, 5) is 0. The molecule has 2 rings (SSSR count). The molecule has 0 N–H and O–H groups in total. The van der Waals surface area contributed by atoms with Crippen LogP contribution in [0.15, 0.2) is 36.4 Å². The van der Waals surface area contributed by atoms with E-state index in [0.717, 1.165) is 27.6 Å². The Morgan fingerprint density at radius 1 is 1.11 bits per heavy atom. The molecule has 0 aromatic heterocycles. The van der Waals surface area contributed by atoms with E-state index in [0.29, 0.717) is 10.4 Å². The van der Waals surface area contributed by atoms with Crippen LogP contribution in [0.3, 0.4) is 0 Å². The predicted molar refractivity (Wildman–Crippen MR) is 80.3 cm³/mol. The minimum atomic E-state index is 0.690. The molecule has 4 heteroatoms. The van der Waals surface area contributed by atoms with Crippen LogP contribution >= 0.6 is 39.1 Å². The SMILES string of the molecule is Cc1cc(Oc2ccc(Cl)cc2CBr)ccc1Cl. The molecular weight excluding hydrogens is 335 g/mol. The monoisotopic (exact) mass is 344 g/mol. The van der Waals surface area contributed by atoms with Crippen molar-refractivity contribution in [2.75, 3.05) is 0 Å². The van der Waals surface area contributed by atoms with Crippen LogP contribution in [-0.2, 0) is 5.33 Å². The van der Waals surface area contributed by atoms with E-state index in [1.165, 1.54) is 0 Å². The molecule has 0 saturated carbocycles. The van der Waals surface area contributed by atoms with Crippen LogP contribution in [-0.4, -0.2) is 0 Å². The molecule has 0 aliphatic rings. The molecule has 94 valence electrons. The molecule has 2 aromatic carbocycles. The Kier molecular flexibility index (Phi) is 4.55. The molecule has 0 unspecified atom stereocenters. The smallest absolute Gasteiger partial charge is 0.131 e. The summed E-state index contributed by atoms with van der Waals surface area (Å²) in [5, 5.41) is 2.12. The normalized spacial score (nSPS) is 10.4. The van der Waals surface area contributed by atoms with Crippen molar-refractivity contribution in [2.24, 2.45) is 0 Å². The average Bonchev–Trinajstić information content (AvgIpc) is 2.36. The summed E-state index contributed by atoms with van der Waals surface area (Å²) in [7, 11) is 0. The Labute approximate surface area is 125 Å². The Morgan fingerprint density at radius 2 is 1.89 bits per heavy atom. The Balaban J connectivity index is 2.30. The fourth-order valence-electron chi connectivity index (χ4n) is 1.56. The van der Waals surface area contributed by atoms with Crippen LogP contribution in [0.5, 0.6) is 11.5 Å². The first kappa shape index (κ1) is 13.7.